The van der Waals surface area contributed by atoms with E-state index < -0.39 is 11.6 Å². The molecule has 4 heteroatoms. The van der Waals surface area contributed by atoms with Crippen molar-refractivity contribution in [2.24, 2.45) is 0 Å². The Hall–Kier alpha value is -1.00. The van der Waals surface area contributed by atoms with Crippen LogP contribution in [0.4, 0.5) is 8.78 Å². The number of halogens is 2. The zero-order valence-corrected chi connectivity index (χ0v) is 12.3. The first-order chi connectivity index (χ1) is 9.56. The van der Waals surface area contributed by atoms with Crippen LogP contribution in [0.5, 0.6) is 0 Å². The lowest BCUT2D eigenvalue weighted by Gasteiger charge is -2.25. The maximum atomic E-state index is 13.2. The second-order valence-electron chi connectivity index (χ2n) is 5.80. The summed E-state index contributed by atoms with van der Waals surface area (Å²) in [6, 6.07) is 4.35. The average molecular weight is 282 g/mol. The van der Waals surface area contributed by atoms with Gasteiger partial charge in [0, 0.05) is 31.2 Å². The highest BCUT2D eigenvalue weighted by atomic mass is 19.1. The van der Waals surface area contributed by atoms with E-state index in [0.717, 1.165) is 19.2 Å². The first kappa shape index (κ1) is 15.4. The fourth-order valence-corrected chi connectivity index (χ4v) is 2.93. The monoisotopic (exact) mass is 282 g/mol. The van der Waals surface area contributed by atoms with Crippen molar-refractivity contribution in [2.45, 2.75) is 44.7 Å². The third kappa shape index (κ3) is 4.25. The Bertz CT molecular complexity index is 410. The smallest absolute Gasteiger partial charge is 0.126 e. The van der Waals surface area contributed by atoms with Gasteiger partial charge in [-0.1, -0.05) is 12.8 Å². The summed E-state index contributed by atoms with van der Waals surface area (Å²) in [5.74, 6) is -1.03. The molecule has 0 amide bonds. The van der Waals surface area contributed by atoms with E-state index in [0.29, 0.717) is 11.6 Å². The molecule has 0 bridgehead atoms. The van der Waals surface area contributed by atoms with Crippen LogP contribution < -0.4 is 5.32 Å². The van der Waals surface area contributed by atoms with Crippen molar-refractivity contribution in [1.82, 2.24) is 10.2 Å². The van der Waals surface area contributed by atoms with Crippen LogP contribution in [0.2, 0.25) is 0 Å². The molecular weight excluding hydrogens is 258 g/mol. The van der Waals surface area contributed by atoms with Crippen LogP contribution in [0.3, 0.4) is 0 Å². The van der Waals surface area contributed by atoms with Crippen molar-refractivity contribution in [3.8, 4) is 0 Å². The maximum absolute atomic E-state index is 13.2. The number of hydrogen-bond donors (Lipinski definition) is 1. The lowest BCUT2D eigenvalue weighted by atomic mass is 10.1. The van der Waals surface area contributed by atoms with Crippen molar-refractivity contribution in [3.05, 3.63) is 35.4 Å². The zero-order chi connectivity index (χ0) is 14.5. The van der Waals surface area contributed by atoms with Crippen LogP contribution in [-0.2, 0) is 0 Å². The molecule has 1 saturated carbocycles. The molecular formula is C16H24F2N2. The van der Waals surface area contributed by atoms with E-state index in [1.165, 1.54) is 37.8 Å². The molecule has 1 fully saturated rings. The van der Waals surface area contributed by atoms with Gasteiger partial charge >= 0.3 is 0 Å². The Balaban J connectivity index is 1.78. The molecule has 0 heterocycles. The minimum atomic E-state index is -0.517. The van der Waals surface area contributed by atoms with Gasteiger partial charge in [0.15, 0.2) is 0 Å². The highest BCUT2D eigenvalue weighted by Gasteiger charge is 2.19. The van der Waals surface area contributed by atoms with Crippen LogP contribution in [0.1, 0.15) is 44.2 Å². The van der Waals surface area contributed by atoms with Crippen LogP contribution in [0, 0.1) is 11.6 Å². The first-order valence-corrected chi connectivity index (χ1v) is 7.46. The molecule has 2 nitrogen and oxygen atoms in total. The Labute approximate surface area is 120 Å². The number of rotatable bonds is 6. The van der Waals surface area contributed by atoms with Gasteiger partial charge in [0.1, 0.15) is 11.6 Å². The summed E-state index contributed by atoms with van der Waals surface area (Å²) in [6.07, 6.45) is 5.26. The average Bonchev–Trinajstić information content (AvgIpc) is 2.91. The molecule has 1 aliphatic rings. The minimum Gasteiger partial charge on any atom is -0.309 e. The molecule has 0 spiro atoms. The number of hydrogen-bond acceptors (Lipinski definition) is 2. The third-order valence-corrected chi connectivity index (χ3v) is 4.25. The molecule has 112 valence electrons. The molecule has 0 radical (unpaired) electrons. The number of nitrogens with one attached hydrogen (secondary N) is 1. The summed E-state index contributed by atoms with van der Waals surface area (Å²) in [7, 11) is 2.16. The van der Waals surface area contributed by atoms with E-state index in [4.69, 9.17) is 0 Å². The fraction of sp³-hybridized carbons (Fsp3) is 0.625. The molecule has 1 atom stereocenters. The van der Waals surface area contributed by atoms with E-state index in [1.807, 2.05) is 6.92 Å². The molecule has 0 saturated heterocycles. The Kier molecular flexibility index (Phi) is 5.49. The van der Waals surface area contributed by atoms with Gasteiger partial charge in [-0.3, -0.25) is 0 Å². The third-order valence-electron chi connectivity index (χ3n) is 4.25. The van der Waals surface area contributed by atoms with Crippen LogP contribution in [0.15, 0.2) is 18.2 Å². The molecule has 1 aromatic rings. The Morgan fingerprint density at radius 3 is 2.40 bits per heavy atom. The highest BCUT2D eigenvalue weighted by molar-refractivity contribution is 5.20. The molecule has 1 unspecified atom stereocenters. The molecule has 1 N–H and O–H groups in total. The van der Waals surface area contributed by atoms with Crippen LogP contribution in [0.25, 0.3) is 0 Å². The minimum absolute atomic E-state index is 0.0443. The second-order valence-corrected chi connectivity index (χ2v) is 5.80. The first-order valence-electron chi connectivity index (χ1n) is 7.46. The van der Waals surface area contributed by atoms with Gasteiger partial charge in [-0.25, -0.2) is 8.78 Å². The lowest BCUT2D eigenvalue weighted by molar-refractivity contribution is 0.243. The van der Waals surface area contributed by atoms with Gasteiger partial charge in [-0.15, -0.1) is 0 Å². The maximum Gasteiger partial charge on any atom is 0.126 e. The van der Waals surface area contributed by atoms with Crippen LogP contribution >= 0.6 is 0 Å². The van der Waals surface area contributed by atoms with E-state index in [2.05, 4.69) is 17.3 Å². The van der Waals surface area contributed by atoms with Gasteiger partial charge < -0.3 is 10.2 Å². The molecule has 20 heavy (non-hydrogen) atoms. The zero-order valence-electron chi connectivity index (χ0n) is 12.3. The molecule has 1 aliphatic carbocycles. The molecule has 1 aromatic carbocycles. The quantitative estimate of drug-likeness (QED) is 0.859. The predicted octanol–water partition coefficient (Wildman–Crippen LogP) is 3.49. The highest BCUT2D eigenvalue weighted by Crippen LogP contribution is 2.22. The number of nitrogens with zero attached hydrogens (tertiary/aromatic N) is 1. The normalized spacial score (nSPS) is 17.9. The van der Waals surface area contributed by atoms with Crippen molar-refractivity contribution in [2.75, 3.05) is 20.1 Å². The summed E-state index contributed by atoms with van der Waals surface area (Å²) in [4.78, 5) is 2.39. The summed E-state index contributed by atoms with van der Waals surface area (Å²) >= 11 is 0. The topological polar surface area (TPSA) is 15.3 Å². The lowest BCUT2D eigenvalue weighted by Crippen LogP contribution is -2.36. The molecule has 2 rings (SSSR count). The van der Waals surface area contributed by atoms with E-state index in [-0.39, 0.29) is 6.04 Å². The summed E-state index contributed by atoms with van der Waals surface area (Å²) < 4.78 is 26.3. The van der Waals surface area contributed by atoms with Crippen LogP contribution in [-0.4, -0.2) is 31.1 Å². The molecule has 0 aromatic heterocycles. The van der Waals surface area contributed by atoms with Gasteiger partial charge in [-0.05, 0) is 44.5 Å². The van der Waals surface area contributed by atoms with Crippen molar-refractivity contribution in [3.63, 3.8) is 0 Å². The standard InChI is InChI=1S/C16H24F2N2/c1-12(13-9-14(17)11-15(18)10-13)19-7-8-20(2)16-5-3-4-6-16/h9-12,16,19H,3-8H2,1-2H3. The predicted molar refractivity (Wildman–Crippen MR) is 77.7 cm³/mol. The van der Waals surface area contributed by atoms with Gasteiger partial charge in [0.2, 0.25) is 0 Å². The Morgan fingerprint density at radius 1 is 1.20 bits per heavy atom. The van der Waals surface area contributed by atoms with Crippen molar-refractivity contribution >= 4 is 0 Å². The summed E-state index contributed by atoms with van der Waals surface area (Å²) in [5.41, 5.74) is 0.658. The van der Waals surface area contributed by atoms with Gasteiger partial charge in [0.25, 0.3) is 0 Å². The number of benzene rings is 1. The largest absolute Gasteiger partial charge is 0.309 e. The van der Waals surface area contributed by atoms with Crippen molar-refractivity contribution < 1.29 is 8.78 Å². The summed E-state index contributed by atoms with van der Waals surface area (Å²) in [6.45, 7) is 3.73. The van der Waals surface area contributed by atoms with E-state index in [9.17, 15) is 8.78 Å². The van der Waals surface area contributed by atoms with E-state index in [1.54, 1.807) is 0 Å². The molecule has 0 aliphatic heterocycles. The SMILES string of the molecule is CC(NCCN(C)C1CCCC1)c1cc(F)cc(F)c1. The number of likely N-dealkylation sites (N-methyl/N-ethyl adjacent to an activating group) is 1. The summed E-state index contributed by atoms with van der Waals surface area (Å²) in [5, 5.41) is 3.33. The Morgan fingerprint density at radius 2 is 1.80 bits per heavy atom. The van der Waals surface area contributed by atoms with Gasteiger partial charge in [-0.2, -0.15) is 0 Å². The van der Waals surface area contributed by atoms with Gasteiger partial charge in [0.05, 0.1) is 0 Å². The second kappa shape index (κ2) is 7.14. The van der Waals surface area contributed by atoms with Crippen molar-refractivity contribution in [1.29, 1.82) is 0 Å². The fourth-order valence-electron chi connectivity index (χ4n) is 2.93. The van der Waals surface area contributed by atoms with E-state index >= 15 is 0 Å².